The minimum Gasteiger partial charge on any atom is -0.444 e. The first-order valence-electron chi connectivity index (χ1n) is 5.56. The fourth-order valence-electron chi connectivity index (χ4n) is 1.45. The molecular weight excluding hydrogens is 259 g/mol. The fourth-order valence-corrected chi connectivity index (χ4v) is 1.45. The summed E-state index contributed by atoms with van der Waals surface area (Å²) in [7, 11) is 0. The van der Waals surface area contributed by atoms with Gasteiger partial charge in [-0.1, -0.05) is 0 Å². The number of hydrogen-bond donors (Lipinski definition) is 1. The quantitative estimate of drug-likeness (QED) is 0.930. The van der Waals surface area contributed by atoms with Gasteiger partial charge in [-0.05, 0) is 26.0 Å². The molecule has 0 spiro atoms. The standard InChI is InChI=1S/C12H12F3N3O/c1-7-8(2)19-11(18-7)6-17-10-4-3-9(5-16-10)12(13,14)15/h3-5H,6H2,1-2H3,(H,16,17). The highest BCUT2D eigenvalue weighted by atomic mass is 19.4. The van der Waals surface area contributed by atoms with Gasteiger partial charge in [0.05, 0.1) is 17.8 Å². The van der Waals surface area contributed by atoms with Crippen LogP contribution >= 0.6 is 0 Å². The van der Waals surface area contributed by atoms with Crippen molar-refractivity contribution in [3.05, 3.63) is 41.2 Å². The number of pyridine rings is 1. The number of anilines is 1. The fraction of sp³-hybridized carbons (Fsp3) is 0.333. The van der Waals surface area contributed by atoms with Crippen LogP contribution < -0.4 is 5.32 Å². The van der Waals surface area contributed by atoms with Crippen molar-refractivity contribution < 1.29 is 17.6 Å². The molecule has 0 bridgehead atoms. The lowest BCUT2D eigenvalue weighted by Gasteiger charge is -2.07. The van der Waals surface area contributed by atoms with Gasteiger partial charge in [0, 0.05) is 6.20 Å². The van der Waals surface area contributed by atoms with Gasteiger partial charge in [0.2, 0.25) is 5.89 Å². The number of rotatable bonds is 3. The molecule has 102 valence electrons. The van der Waals surface area contributed by atoms with E-state index in [-0.39, 0.29) is 6.54 Å². The molecule has 2 rings (SSSR count). The maximum atomic E-state index is 12.3. The summed E-state index contributed by atoms with van der Waals surface area (Å²) in [6.07, 6.45) is -3.59. The van der Waals surface area contributed by atoms with Crippen molar-refractivity contribution in [2.45, 2.75) is 26.6 Å². The molecule has 0 saturated heterocycles. The Bertz CT molecular complexity index is 541. The van der Waals surface area contributed by atoms with Crippen molar-refractivity contribution >= 4 is 5.82 Å². The molecule has 0 aliphatic rings. The average molecular weight is 271 g/mol. The maximum absolute atomic E-state index is 12.3. The number of oxazole rings is 1. The summed E-state index contributed by atoms with van der Waals surface area (Å²) in [5.41, 5.74) is 0.0121. The molecule has 0 unspecified atom stereocenters. The van der Waals surface area contributed by atoms with Gasteiger partial charge < -0.3 is 9.73 Å². The average Bonchev–Trinajstić information content (AvgIpc) is 2.66. The maximum Gasteiger partial charge on any atom is 0.417 e. The van der Waals surface area contributed by atoms with Crippen molar-refractivity contribution in [1.82, 2.24) is 9.97 Å². The zero-order valence-corrected chi connectivity index (χ0v) is 10.4. The highest BCUT2D eigenvalue weighted by Gasteiger charge is 2.30. The lowest BCUT2D eigenvalue weighted by atomic mass is 10.3. The molecule has 0 fully saturated rings. The Morgan fingerprint density at radius 1 is 1.26 bits per heavy atom. The largest absolute Gasteiger partial charge is 0.444 e. The molecule has 0 amide bonds. The normalized spacial score (nSPS) is 11.6. The Kier molecular flexibility index (Phi) is 3.46. The van der Waals surface area contributed by atoms with Crippen LogP contribution in [0.5, 0.6) is 0 Å². The Hall–Kier alpha value is -2.05. The molecule has 0 aromatic carbocycles. The number of aromatic nitrogens is 2. The molecule has 7 heteroatoms. The number of halogens is 3. The van der Waals surface area contributed by atoms with Gasteiger partial charge in [0.15, 0.2) is 0 Å². The second-order valence-corrected chi connectivity index (χ2v) is 4.03. The summed E-state index contributed by atoms with van der Waals surface area (Å²) in [4.78, 5) is 7.83. The summed E-state index contributed by atoms with van der Waals surface area (Å²) >= 11 is 0. The molecular formula is C12H12F3N3O. The summed E-state index contributed by atoms with van der Waals surface area (Å²) in [5, 5.41) is 2.85. The minimum absolute atomic E-state index is 0.271. The van der Waals surface area contributed by atoms with Crippen molar-refractivity contribution in [2.75, 3.05) is 5.32 Å². The highest BCUT2D eigenvalue weighted by molar-refractivity contribution is 5.36. The van der Waals surface area contributed by atoms with Gasteiger partial charge in [-0.15, -0.1) is 0 Å². The minimum atomic E-state index is -4.37. The Labute approximate surface area is 107 Å². The van der Waals surface area contributed by atoms with Crippen LogP contribution in [0.15, 0.2) is 22.7 Å². The third-order valence-electron chi connectivity index (χ3n) is 2.58. The highest BCUT2D eigenvalue weighted by Crippen LogP contribution is 2.28. The van der Waals surface area contributed by atoms with Gasteiger partial charge in [0.1, 0.15) is 11.6 Å². The molecule has 0 aliphatic carbocycles. The van der Waals surface area contributed by atoms with Crippen LogP contribution in [0.25, 0.3) is 0 Å². The first-order valence-corrected chi connectivity index (χ1v) is 5.56. The van der Waals surface area contributed by atoms with E-state index in [0.717, 1.165) is 23.7 Å². The molecule has 2 aromatic heterocycles. The summed E-state index contributed by atoms with van der Waals surface area (Å²) in [6.45, 7) is 3.88. The van der Waals surface area contributed by atoms with Crippen LogP contribution in [0, 0.1) is 13.8 Å². The van der Waals surface area contributed by atoms with E-state index in [1.54, 1.807) is 6.92 Å². The van der Waals surface area contributed by atoms with E-state index in [1.165, 1.54) is 6.07 Å². The molecule has 1 N–H and O–H groups in total. The third kappa shape index (κ3) is 3.24. The lowest BCUT2D eigenvalue weighted by Crippen LogP contribution is -2.07. The molecule has 19 heavy (non-hydrogen) atoms. The van der Waals surface area contributed by atoms with Crippen LogP contribution in [0.1, 0.15) is 22.9 Å². The molecule has 0 aliphatic heterocycles. The topological polar surface area (TPSA) is 51.0 Å². The van der Waals surface area contributed by atoms with Crippen molar-refractivity contribution in [2.24, 2.45) is 0 Å². The first kappa shape index (κ1) is 13.4. The molecule has 0 saturated carbocycles. The van der Waals surface area contributed by atoms with Gasteiger partial charge >= 0.3 is 6.18 Å². The van der Waals surface area contributed by atoms with E-state index in [1.807, 2.05) is 6.92 Å². The zero-order chi connectivity index (χ0) is 14.0. The van der Waals surface area contributed by atoms with E-state index in [9.17, 15) is 13.2 Å². The molecule has 0 radical (unpaired) electrons. The first-order chi connectivity index (χ1) is 8.86. The smallest absolute Gasteiger partial charge is 0.417 e. The van der Waals surface area contributed by atoms with Crippen LogP contribution in [-0.4, -0.2) is 9.97 Å². The van der Waals surface area contributed by atoms with Gasteiger partial charge in [0.25, 0.3) is 0 Å². The number of aryl methyl sites for hydroxylation is 2. The SMILES string of the molecule is Cc1nc(CNc2ccc(C(F)(F)F)cn2)oc1C. The van der Waals surface area contributed by atoms with Gasteiger partial charge in [-0.2, -0.15) is 13.2 Å². The number of hydrogen-bond acceptors (Lipinski definition) is 4. The Morgan fingerprint density at radius 3 is 2.47 bits per heavy atom. The van der Waals surface area contributed by atoms with E-state index >= 15 is 0 Å². The van der Waals surface area contributed by atoms with Gasteiger partial charge in [-0.3, -0.25) is 0 Å². The third-order valence-corrected chi connectivity index (χ3v) is 2.58. The van der Waals surface area contributed by atoms with Crippen molar-refractivity contribution in [3.63, 3.8) is 0 Å². The molecule has 4 nitrogen and oxygen atoms in total. The van der Waals surface area contributed by atoms with Crippen LogP contribution in [-0.2, 0) is 12.7 Å². The van der Waals surface area contributed by atoms with Crippen LogP contribution in [0.3, 0.4) is 0 Å². The summed E-state index contributed by atoms with van der Waals surface area (Å²) in [6, 6.07) is 2.24. The zero-order valence-electron chi connectivity index (χ0n) is 10.4. The Balaban J connectivity index is 2.00. The van der Waals surface area contributed by atoms with Crippen LogP contribution in [0.2, 0.25) is 0 Å². The second-order valence-electron chi connectivity index (χ2n) is 4.03. The number of nitrogens with zero attached hydrogens (tertiary/aromatic N) is 2. The van der Waals surface area contributed by atoms with E-state index in [0.29, 0.717) is 11.7 Å². The summed E-state index contributed by atoms with van der Waals surface area (Å²) < 4.78 is 42.3. The monoisotopic (exact) mass is 271 g/mol. The predicted molar refractivity (Wildman–Crippen MR) is 62.5 cm³/mol. The molecule has 2 heterocycles. The van der Waals surface area contributed by atoms with E-state index in [2.05, 4.69) is 15.3 Å². The Morgan fingerprint density at radius 2 is 2.00 bits per heavy atom. The van der Waals surface area contributed by atoms with Crippen molar-refractivity contribution in [1.29, 1.82) is 0 Å². The second kappa shape index (κ2) is 4.91. The van der Waals surface area contributed by atoms with E-state index < -0.39 is 11.7 Å². The lowest BCUT2D eigenvalue weighted by molar-refractivity contribution is -0.137. The number of nitrogens with one attached hydrogen (secondary N) is 1. The summed E-state index contributed by atoms with van der Waals surface area (Å²) in [5.74, 6) is 1.52. The van der Waals surface area contributed by atoms with E-state index in [4.69, 9.17) is 4.42 Å². The predicted octanol–water partition coefficient (Wildman–Crippen LogP) is 3.32. The molecule has 2 aromatic rings. The van der Waals surface area contributed by atoms with Crippen molar-refractivity contribution in [3.8, 4) is 0 Å². The van der Waals surface area contributed by atoms with Gasteiger partial charge in [-0.25, -0.2) is 9.97 Å². The number of alkyl halides is 3. The van der Waals surface area contributed by atoms with Crippen LogP contribution in [0.4, 0.5) is 19.0 Å². The molecule has 0 atom stereocenters.